The summed E-state index contributed by atoms with van der Waals surface area (Å²) in [5.41, 5.74) is 0. The summed E-state index contributed by atoms with van der Waals surface area (Å²) in [4.78, 5) is 13.7. The van der Waals surface area contributed by atoms with Gasteiger partial charge in [-0.05, 0) is 25.7 Å². The summed E-state index contributed by atoms with van der Waals surface area (Å²) in [6.07, 6.45) is -1.02. The third kappa shape index (κ3) is 3.34. The SMILES string of the molecule is CC[C@H](NC(=O)N1CCCC(c2nnc3n2CCC3)C1)C(F)(F)F. The number of rotatable bonds is 3. The van der Waals surface area contributed by atoms with Crippen LogP contribution in [0.4, 0.5) is 18.0 Å². The predicted octanol–water partition coefficient (Wildman–Crippen LogP) is 2.45. The van der Waals surface area contributed by atoms with Crippen LogP contribution < -0.4 is 5.32 Å². The van der Waals surface area contributed by atoms with E-state index in [-0.39, 0.29) is 12.3 Å². The van der Waals surface area contributed by atoms with Crippen molar-refractivity contribution in [2.75, 3.05) is 13.1 Å². The number of aryl methyl sites for hydroxylation is 1. The number of urea groups is 1. The highest BCUT2D eigenvalue weighted by molar-refractivity contribution is 5.74. The molecule has 1 unspecified atom stereocenters. The van der Waals surface area contributed by atoms with E-state index in [0.29, 0.717) is 13.1 Å². The fourth-order valence-corrected chi connectivity index (χ4v) is 3.50. The monoisotopic (exact) mass is 345 g/mol. The molecular weight excluding hydrogens is 323 g/mol. The minimum atomic E-state index is -4.42. The molecule has 3 heterocycles. The molecule has 134 valence electrons. The molecule has 6 nitrogen and oxygen atoms in total. The number of halogens is 3. The Morgan fingerprint density at radius 2 is 2.12 bits per heavy atom. The number of fused-ring (bicyclic) bond motifs is 1. The standard InChI is InChI=1S/C15H22F3N5O/c1-2-11(15(16,17)18)19-14(24)22-7-3-5-10(9-22)13-21-20-12-6-4-8-23(12)13/h10-11H,2-9H2,1H3,(H,19,24)/t10?,11-/m0/s1. The van der Waals surface area contributed by atoms with Gasteiger partial charge >= 0.3 is 12.2 Å². The topological polar surface area (TPSA) is 63.1 Å². The minimum Gasteiger partial charge on any atom is -0.326 e. The van der Waals surface area contributed by atoms with Crippen molar-refractivity contribution in [1.82, 2.24) is 25.0 Å². The summed E-state index contributed by atoms with van der Waals surface area (Å²) >= 11 is 0. The Balaban J connectivity index is 1.66. The maximum atomic E-state index is 12.8. The zero-order valence-electron chi connectivity index (χ0n) is 13.6. The molecule has 0 spiro atoms. The number of aromatic nitrogens is 3. The van der Waals surface area contributed by atoms with Crippen LogP contribution in [0.2, 0.25) is 0 Å². The van der Waals surface area contributed by atoms with Crippen molar-refractivity contribution in [3.05, 3.63) is 11.6 Å². The molecule has 1 saturated heterocycles. The Hall–Kier alpha value is -1.80. The van der Waals surface area contributed by atoms with Gasteiger partial charge in [-0.1, -0.05) is 6.92 Å². The molecule has 1 fully saturated rings. The number of piperidine rings is 1. The van der Waals surface area contributed by atoms with Gasteiger partial charge in [0.2, 0.25) is 0 Å². The average molecular weight is 345 g/mol. The summed E-state index contributed by atoms with van der Waals surface area (Å²) in [5, 5.41) is 10.5. The van der Waals surface area contributed by atoms with Crippen LogP contribution in [-0.4, -0.2) is 51.0 Å². The number of hydrogen-bond acceptors (Lipinski definition) is 3. The molecule has 0 aliphatic carbocycles. The van der Waals surface area contributed by atoms with E-state index in [4.69, 9.17) is 0 Å². The molecule has 9 heteroatoms. The largest absolute Gasteiger partial charge is 0.408 e. The highest BCUT2D eigenvalue weighted by atomic mass is 19.4. The van der Waals surface area contributed by atoms with Gasteiger partial charge in [-0.2, -0.15) is 13.2 Å². The van der Waals surface area contributed by atoms with E-state index in [9.17, 15) is 18.0 Å². The van der Waals surface area contributed by atoms with Gasteiger partial charge in [0.15, 0.2) is 0 Å². The summed E-state index contributed by atoms with van der Waals surface area (Å²) in [6, 6.07) is -2.45. The molecule has 1 aromatic heterocycles. The van der Waals surface area contributed by atoms with Crippen LogP contribution >= 0.6 is 0 Å². The Morgan fingerprint density at radius 3 is 2.83 bits per heavy atom. The lowest BCUT2D eigenvalue weighted by atomic mass is 9.97. The molecule has 0 aromatic carbocycles. The Labute approximate surface area is 138 Å². The smallest absolute Gasteiger partial charge is 0.326 e. The van der Waals surface area contributed by atoms with Crippen LogP contribution in [-0.2, 0) is 13.0 Å². The second kappa shape index (κ2) is 6.60. The lowest BCUT2D eigenvalue weighted by molar-refractivity contribution is -0.154. The van der Waals surface area contributed by atoms with Crippen molar-refractivity contribution < 1.29 is 18.0 Å². The molecule has 0 radical (unpaired) electrons. The predicted molar refractivity (Wildman–Crippen MR) is 80.6 cm³/mol. The fraction of sp³-hybridized carbons (Fsp3) is 0.800. The highest BCUT2D eigenvalue weighted by Crippen LogP contribution is 2.29. The Bertz CT molecular complexity index is 600. The summed E-state index contributed by atoms with van der Waals surface area (Å²) in [7, 11) is 0. The zero-order chi connectivity index (χ0) is 17.3. The Kier molecular flexibility index (Phi) is 4.69. The average Bonchev–Trinajstić information content (AvgIpc) is 3.14. The Morgan fingerprint density at radius 1 is 1.33 bits per heavy atom. The van der Waals surface area contributed by atoms with Gasteiger partial charge in [0.25, 0.3) is 0 Å². The quantitative estimate of drug-likeness (QED) is 0.915. The summed E-state index contributed by atoms with van der Waals surface area (Å²) < 4.78 is 40.6. The van der Waals surface area contributed by atoms with E-state index in [1.165, 1.54) is 11.8 Å². The van der Waals surface area contributed by atoms with Crippen molar-refractivity contribution in [1.29, 1.82) is 0 Å². The summed E-state index contributed by atoms with van der Waals surface area (Å²) in [6.45, 7) is 3.15. The van der Waals surface area contributed by atoms with Crippen molar-refractivity contribution in [2.45, 2.75) is 63.7 Å². The number of amides is 2. The highest BCUT2D eigenvalue weighted by Gasteiger charge is 2.40. The van der Waals surface area contributed by atoms with E-state index in [2.05, 4.69) is 20.1 Å². The number of nitrogens with one attached hydrogen (secondary N) is 1. The molecule has 3 rings (SSSR count). The zero-order valence-corrected chi connectivity index (χ0v) is 13.6. The van der Waals surface area contributed by atoms with Crippen LogP contribution in [0.15, 0.2) is 0 Å². The molecule has 0 saturated carbocycles. The molecule has 0 bridgehead atoms. The number of carbonyl (C=O) groups is 1. The molecule has 2 amide bonds. The van der Waals surface area contributed by atoms with Gasteiger partial charge in [-0.25, -0.2) is 4.79 Å². The van der Waals surface area contributed by atoms with Gasteiger partial charge in [-0.15, -0.1) is 10.2 Å². The lowest BCUT2D eigenvalue weighted by Gasteiger charge is -2.33. The van der Waals surface area contributed by atoms with Gasteiger partial charge in [0.1, 0.15) is 17.7 Å². The fourth-order valence-electron chi connectivity index (χ4n) is 3.50. The van der Waals surface area contributed by atoms with E-state index in [1.807, 2.05) is 0 Å². The molecule has 24 heavy (non-hydrogen) atoms. The second-order valence-electron chi connectivity index (χ2n) is 6.47. The van der Waals surface area contributed by atoms with E-state index in [0.717, 1.165) is 43.9 Å². The summed E-state index contributed by atoms with van der Waals surface area (Å²) in [5.74, 6) is 1.87. The number of alkyl halides is 3. The van der Waals surface area contributed by atoms with Crippen molar-refractivity contribution in [3.8, 4) is 0 Å². The van der Waals surface area contributed by atoms with Crippen LogP contribution in [0.1, 0.15) is 50.2 Å². The van der Waals surface area contributed by atoms with E-state index < -0.39 is 18.2 Å². The van der Waals surface area contributed by atoms with Gasteiger partial charge < -0.3 is 14.8 Å². The molecule has 2 aliphatic rings. The molecule has 1 aromatic rings. The first-order valence-electron chi connectivity index (χ1n) is 8.44. The molecular formula is C15H22F3N5O. The van der Waals surface area contributed by atoms with Crippen LogP contribution in [0.25, 0.3) is 0 Å². The second-order valence-corrected chi connectivity index (χ2v) is 6.47. The van der Waals surface area contributed by atoms with Crippen LogP contribution in [0.5, 0.6) is 0 Å². The van der Waals surface area contributed by atoms with Crippen LogP contribution in [0, 0.1) is 0 Å². The van der Waals surface area contributed by atoms with Crippen LogP contribution in [0.3, 0.4) is 0 Å². The van der Waals surface area contributed by atoms with E-state index in [1.54, 1.807) is 0 Å². The van der Waals surface area contributed by atoms with E-state index >= 15 is 0 Å². The number of carbonyl (C=O) groups excluding carboxylic acids is 1. The van der Waals surface area contributed by atoms with Gasteiger partial charge in [-0.3, -0.25) is 0 Å². The molecule has 2 aliphatic heterocycles. The number of hydrogen-bond donors (Lipinski definition) is 1. The molecule has 1 N–H and O–H groups in total. The first-order valence-corrected chi connectivity index (χ1v) is 8.44. The lowest BCUT2D eigenvalue weighted by Crippen LogP contribution is -2.52. The van der Waals surface area contributed by atoms with Gasteiger partial charge in [0.05, 0.1) is 0 Å². The minimum absolute atomic E-state index is 0.0369. The van der Waals surface area contributed by atoms with Gasteiger partial charge in [0, 0.05) is 32.0 Å². The normalized spacial score (nSPS) is 22.3. The maximum Gasteiger partial charge on any atom is 0.408 e. The number of nitrogens with zero attached hydrogens (tertiary/aromatic N) is 4. The molecule has 2 atom stereocenters. The first-order chi connectivity index (χ1) is 11.4. The van der Waals surface area contributed by atoms with Crippen molar-refractivity contribution in [2.24, 2.45) is 0 Å². The van der Waals surface area contributed by atoms with Crippen molar-refractivity contribution >= 4 is 6.03 Å². The first kappa shape index (κ1) is 17.0. The third-order valence-electron chi connectivity index (χ3n) is 4.81. The maximum absolute atomic E-state index is 12.8. The number of likely N-dealkylation sites (tertiary alicyclic amines) is 1. The third-order valence-corrected chi connectivity index (χ3v) is 4.81. The van der Waals surface area contributed by atoms with Crippen molar-refractivity contribution in [3.63, 3.8) is 0 Å².